The normalized spacial score (nSPS) is 17.6. The SMILES string of the molecule is COc1cc2c(cc1OC)C(c1ccccc1)(c1ccccc1)CC2C. The van der Waals surface area contributed by atoms with Gasteiger partial charge in [-0.05, 0) is 46.7 Å². The van der Waals surface area contributed by atoms with Crippen LogP contribution < -0.4 is 9.47 Å². The molecule has 4 rings (SSSR count). The van der Waals surface area contributed by atoms with Gasteiger partial charge in [0, 0.05) is 5.41 Å². The molecule has 3 aromatic rings. The van der Waals surface area contributed by atoms with Crippen LogP contribution in [0.2, 0.25) is 0 Å². The fourth-order valence-electron chi connectivity index (χ4n) is 4.51. The lowest BCUT2D eigenvalue weighted by Gasteiger charge is -2.33. The summed E-state index contributed by atoms with van der Waals surface area (Å²) in [7, 11) is 3.40. The van der Waals surface area contributed by atoms with Crippen molar-refractivity contribution >= 4 is 0 Å². The van der Waals surface area contributed by atoms with Crippen LogP contribution in [-0.4, -0.2) is 14.2 Å². The van der Waals surface area contributed by atoms with Crippen LogP contribution in [0.15, 0.2) is 72.8 Å². The molecule has 0 saturated heterocycles. The Kier molecular flexibility index (Phi) is 4.20. The summed E-state index contributed by atoms with van der Waals surface area (Å²) in [6.07, 6.45) is 1.03. The molecule has 3 aromatic carbocycles. The Hall–Kier alpha value is -2.74. The minimum atomic E-state index is -0.170. The third-order valence-corrected chi connectivity index (χ3v) is 5.69. The molecule has 132 valence electrons. The highest BCUT2D eigenvalue weighted by Gasteiger charge is 2.45. The summed E-state index contributed by atoms with van der Waals surface area (Å²) in [5.74, 6) is 2.02. The number of benzene rings is 3. The molecule has 2 heteroatoms. The standard InChI is InChI=1S/C24H24O2/c1-17-16-24(18-10-6-4-7-11-18,19-12-8-5-9-13-19)21-15-23(26-3)22(25-2)14-20(17)21/h4-15,17H,16H2,1-3H3. The molecule has 0 aromatic heterocycles. The molecule has 0 N–H and O–H groups in total. The van der Waals surface area contributed by atoms with Crippen LogP contribution in [0.25, 0.3) is 0 Å². The second kappa shape index (κ2) is 6.53. The van der Waals surface area contributed by atoms with E-state index in [1.54, 1.807) is 14.2 Å². The van der Waals surface area contributed by atoms with Gasteiger partial charge in [-0.25, -0.2) is 0 Å². The number of hydrogen-bond donors (Lipinski definition) is 0. The fourth-order valence-corrected chi connectivity index (χ4v) is 4.51. The van der Waals surface area contributed by atoms with Crippen LogP contribution in [0.3, 0.4) is 0 Å². The third kappa shape index (κ3) is 2.40. The molecule has 0 heterocycles. The third-order valence-electron chi connectivity index (χ3n) is 5.69. The molecule has 0 amide bonds. The largest absolute Gasteiger partial charge is 0.493 e. The molecule has 0 bridgehead atoms. The van der Waals surface area contributed by atoms with Crippen LogP contribution in [0.1, 0.15) is 41.5 Å². The van der Waals surface area contributed by atoms with E-state index in [9.17, 15) is 0 Å². The summed E-state index contributed by atoms with van der Waals surface area (Å²) in [4.78, 5) is 0. The number of hydrogen-bond acceptors (Lipinski definition) is 2. The maximum Gasteiger partial charge on any atom is 0.161 e. The van der Waals surface area contributed by atoms with Gasteiger partial charge in [0.2, 0.25) is 0 Å². The van der Waals surface area contributed by atoms with Crippen LogP contribution >= 0.6 is 0 Å². The van der Waals surface area contributed by atoms with E-state index in [0.29, 0.717) is 5.92 Å². The first-order valence-corrected chi connectivity index (χ1v) is 9.08. The summed E-state index contributed by atoms with van der Waals surface area (Å²) >= 11 is 0. The van der Waals surface area contributed by atoms with Crippen molar-refractivity contribution in [2.24, 2.45) is 0 Å². The number of methoxy groups -OCH3 is 2. The van der Waals surface area contributed by atoms with Crippen LogP contribution in [0, 0.1) is 0 Å². The van der Waals surface area contributed by atoms with Gasteiger partial charge in [-0.2, -0.15) is 0 Å². The first kappa shape index (κ1) is 16.7. The van der Waals surface area contributed by atoms with E-state index in [0.717, 1.165) is 17.9 Å². The molecular formula is C24H24O2. The predicted molar refractivity (Wildman–Crippen MR) is 105 cm³/mol. The lowest BCUT2D eigenvalue weighted by molar-refractivity contribution is 0.354. The van der Waals surface area contributed by atoms with Gasteiger partial charge in [-0.1, -0.05) is 67.6 Å². The minimum Gasteiger partial charge on any atom is -0.493 e. The Labute approximate surface area is 155 Å². The highest BCUT2D eigenvalue weighted by Crippen LogP contribution is 2.55. The molecule has 2 nitrogen and oxygen atoms in total. The molecule has 1 aliphatic carbocycles. The van der Waals surface area contributed by atoms with E-state index < -0.39 is 0 Å². The highest BCUT2D eigenvalue weighted by atomic mass is 16.5. The van der Waals surface area contributed by atoms with E-state index in [1.165, 1.54) is 22.3 Å². The first-order valence-electron chi connectivity index (χ1n) is 9.08. The van der Waals surface area contributed by atoms with E-state index in [4.69, 9.17) is 9.47 Å². The van der Waals surface area contributed by atoms with Crippen molar-refractivity contribution in [2.75, 3.05) is 14.2 Å². The summed E-state index contributed by atoms with van der Waals surface area (Å²) < 4.78 is 11.2. The van der Waals surface area contributed by atoms with Crippen molar-refractivity contribution in [1.29, 1.82) is 0 Å². The zero-order chi connectivity index (χ0) is 18.1. The smallest absolute Gasteiger partial charge is 0.161 e. The lowest BCUT2D eigenvalue weighted by Crippen LogP contribution is -2.26. The van der Waals surface area contributed by atoms with Gasteiger partial charge in [-0.15, -0.1) is 0 Å². The Balaban J connectivity index is 2.04. The van der Waals surface area contributed by atoms with Crippen LogP contribution in [0.4, 0.5) is 0 Å². The molecule has 0 radical (unpaired) electrons. The molecule has 1 aliphatic rings. The maximum atomic E-state index is 5.64. The fraction of sp³-hybridized carbons (Fsp3) is 0.250. The maximum absolute atomic E-state index is 5.64. The number of fused-ring (bicyclic) bond motifs is 1. The van der Waals surface area contributed by atoms with Crippen LogP contribution in [-0.2, 0) is 5.41 Å². The zero-order valence-electron chi connectivity index (χ0n) is 15.5. The number of ether oxygens (including phenoxy) is 2. The van der Waals surface area contributed by atoms with Gasteiger partial charge in [0.1, 0.15) is 0 Å². The molecule has 0 fully saturated rings. The van der Waals surface area contributed by atoms with Gasteiger partial charge in [-0.3, -0.25) is 0 Å². The molecule has 1 unspecified atom stereocenters. The average molecular weight is 344 g/mol. The second-order valence-corrected chi connectivity index (χ2v) is 7.04. The van der Waals surface area contributed by atoms with E-state index in [-0.39, 0.29) is 5.41 Å². The molecule has 0 saturated carbocycles. The van der Waals surface area contributed by atoms with Gasteiger partial charge < -0.3 is 9.47 Å². The van der Waals surface area contributed by atoms with E-state index in [2.05, 4.69) is 79.7 Å². The quantitative estimate of drug-likeness (QED) is 0.618. The summed E-state index contributed by atoms with van der Waals surface area (Å²) in [6, 6.07) is 26.0. The Morgan fingerprint density at radius 2 is 1.27 bits per heavy atom. The molecular weight excluding hydrogens is 320 g/mol. The topological polar surface area (TPSA) is 18.5 Å². The van der Waals surface area contributed by atoms with Crippen LogP contribution in [0.5, 0.6) is 11.5 Å². The Bertz CT molecular complexity index is 861. The van der Waals surface area contributed by atoms with E-state index >= 15 is 0 Å². The zero-order valence-corrected chi connectivity index (χ0v) is 15.5. The van der Waals surface area contributed by atoms with E-state index in [1.807, 2.05) is 0 Å². The van der Waals surface area contributed by atoms with Crippen molar-refractivity contribution in [1.82, 2.24) is 0 Å². The Morgan fingerprint density at radius 3 is 1.77 bits per heavy atom. The molecule has 0 aliphatic heterocycles. The average Bonchev–Trinajstić information content (AvgIpc) is 3.01. The lowest BCUT2D eigenvalue weighted by atomic mass is 9.70. The van der Waals surface area contributed by atoms with Gasteiger partial charge in [0.15, 0.2) is 11.5 Å². The van der Waals surface area contributed by atoms with Crippen molar-refractivity contribution in [3.05, 3.63) is 95.1 Å². The monoisotopic (exact) mass is 344 g/mol. The predicted octanol–water partition coefficient (Wildman–Crippen LogP) is 5.55. The minimum absolute atomic E-state index is 0.170. The van der Waals surface area contributed by atoms with Crippen molar-refractivity contribution < 1.29 is 9.47 Å². The van der Waals surface area contributed by atoms with Crippen molar-refractivity contribution in [3.63, 3.8) is 0 Å². The van der Waals surface area contributed by atoms with Gasteiger partial charge >= 0.3 is 0 Å². The van der Waals surface area contributed by atoms with Gasteiger partial charge in [0.25, 0.3) is 0 Å². The van der Waals surface area contributed by atoms with Crippen molar-refractivity contribution in [3.8, 4) is 11.5 Å². The Morgan fingerprint density at radius 1 is 0.769 bits per heavy atom. The highest BCUT2D eigenvalue weighted by molar-refractivity contribution is 5.62. The van der Waals surface area contributed by atoms with Gasteiger partial charge in [0.05, 0.1) is 14.2 Å². The summed E-state index contributed by atoms with van der Waals surface area (Å²) in [5.41, 5.74) is 5.14. The molecule has 1 atom stereocenters. The summed E-state index contributed by atoms with van der Waals surface area (Å²) in [6.45, 7) is 2.30. The number of rotatable bonds is 4. The second-order valence-electron chi connectivity index (χ2n) is 7.04. The molecule has 26 heavy (non-hydrogen) atoms. The van der Waals surface area contributed by atoms with Crippen molar-refractivity contribution in [2.45, 2.75) is 24.7 Å². The summed E-state index contributed by atoms with van der Waals surface area (Å²) in [5, 5.41) is 0. The molecule has 0 spiro atoms. The first-order chi connectivity index (χ1) is 12.7.